The molecule has 174 valence electrons. The Morgan fingerprint density at radius 2 is 1.91 bits per heavy atom. The molecule has 1 amide bonds. The smallest absolute Gasteiger partial charge is 0.338 e. The summed E-state index contributed by atoms with van der Waals surface area (Å²) in [4.78, 5) is 37.1. The molecule has 10 nitrogen and oxygen atoms in total. The fraction of sp³-hybridized carbons (Fsp3) is 0.391. The van der Waals surface area contributed by atoms with Gasteiger partial charge in [-0.25, -0.2) is 4.79 Å². The molecule has 1 saturated heterocycles. The van der Waals surface area contributed by atoms with E-state index in [1.807, 2.05) is 18.2 Å². The summed E-state index contributed by atoms with van der Waals surface area (Å²) >= 11 is 0. The summed E-state index contributed by atoms with van der Waals surface area (Å²) in [5, 5.41) is 11.4. The van der Waals surface area contributed by atoms with Crippen LogP contribution < -0.4 is 14.2 Å². The highest BCUT2D eigenvalue weighted by atomic mass is 16.6. The lowest BCUT2D eigenvalue weighted by molar-refractivity contribution is -0.385. The molecule has 1 atom stereocenters. The first-order valence-electron chi connectivity index (χ1n) is 10.7. The van der Waals surface area contributed by atoms with Crippen molar-refractivity contribution in [3.63, 3.8) is 0 Å². The van der Waals surface area contributed by atoms with Crippen molar-refractivity contribution in [2.24, 2.45) is 0 Å². The van der Waals surface area contributed by atoms with E-state index in [1.165, 1.54) is 19.2 Å². The van der Waals surface area contributed by atoms with Gasteiger partial charge in [-0.1, -0.05) is 6.07 Å². The number of hydrogen-bond donors (Lipinski definition) is 0. The van der Waals surface area contributed by atoms with E-state index < -0.39 is 16.6 Å². The predicted molar refractivity (Wildman–Crippen MR) is 116 cm³/mol. The lowest BCUT2D eigenvalue weighted by atomic mass is 10.0. The second-order valence-electron chi connectivity index (χ2n) is 7.72. The molecule has 2 aromatic carbocycles. The van der Waals surface area contributed by atoms with Crippen LogP contribution in [0.25, 0.3) is 0 Å². The second kappa shape index (κ2) is 9.76. The van der Waals surface area contributed by atoms with Crippen LogP contribution in [0, 0.1) is 10.1 Å². The van der Waals surface area contributed by atoms with Crippen LogP contribution in [-0.2, 0) is 9.53 Å². The van der Waals surface area contributed by atoms with Crippen LogP contribution in [0.2, 0.25) is 0 Å². The Morgan fingerprint density at radius 1 is 1.12 bits per heavy atom. The number of carbonyl (C=O) groups is 2. The number of nitro groups is 1. The van der Waals surface area contributed by atoms with Gasteiger partial charge in [-0.2, -0.15) is 0 Å². The molecule has 0 saturated carbocycles. The molecule has 0 radical (unpaired) electrons. The van der Waals surface area contributed by atoms with Crippen molar-refractivity contribution in [3.05, 3.63) is 57.6 Å². The SMILES string of the molecule is COC(=O)c1ccc(OCC(=O)N2CCCC2c2ccc3c(c2)OCCCO3)c([N+](=O)[O-])c1. The van der Waals surface area contributed by atoms with E-state index in [4.69, 9.17) is 14.2 Å². The van der Waals surface area contributed by atoms with Gasteiger partial charge in [0.15, 0.2) is 23.9 Å². The third-order valence-electron chi connectivity index (χ3n) is 5.66. The van der Waals surface area contributed by atoms with Crippen LogP contribution in [0.3, 0.4) is 0 Å². The fourth-order valence-electron chi connectivity index (χ4n) is 4.05. The number of hydrogen-bond acceptors (Lipinski definition) is 8. The van der Waals surface area contributed by atoms with Crippen molar-refractivity contribution in [3.8, 4) is 17.2 Å². The molecule has 0 bridgehead atoms. The van der Waals surface area contributed by atoms with Crippen LogP contribution in [-0.4, -0.2) is 55.2 Å². The summed E-state index contributed by atoms with van der Waals surface area (Å²) in [6.45, 7) is 1.37. The number of rotatable bonds is 6. The Bertz CT molecular complexity index is 1070. The summed E-state index contributed by atoms with van der Waals surface area (Å²) in [6.07, 6.45) is 2.43. The molecule has 2 heterocycles. The summed E-state index contributed by atoms with van der Waals surface area (Å²) in [5.74, 6) is 0.291. The summed E-state index contributed by atoms with van der Waals surface area (Å²) in [6, 6.07) is 9.28. The van der Waals surface area contributed by atoms with Gasteiger partial charge in [0.25, 0.3) is 5.91 Å². The highest BCUT2D eigenvalue weighted by Crippen LogP contribution is 2.38. The molecule has 1 unspecified atom stereocenters. The molecule has 0 spiro atoms. The van der Waals surface area contributed by atoms with Crippen molar-refractivity contribution in [1.82, 2.24) is 4.90 Å². The molecule has 2 aliphatic heterocycles. The number of likely N-dealkylation sites (tertiary alicyclic amines) is 1. The zero-order valence-corrected chi connectivity index (χ0v) is 18.2. The van der Waals surface area contributed by atoms with Gasteiger partial charge in [-0.05, 0) is 42.7 Å². The van der Waals surface area contributed by atoms with Gasteiger partial charge in [-0.3, -0.25) is 14.9 Å². The number of benzene rings is 2. The highest BCUT2D eigenvalue weighted by molar-refractivity contribution is 5.90. The van der Waals surface area contributed by atoms with Crippen molar-refractivity contribution in [2.75, 3.05) is 33.5 Å². The number of ether oxygens (including phenoxy) is 4. The minimum absolute atomic E-state index is 0.0249. The molecule has 0 aromatic heterocycles. The van der Waals surface area contributed by atoms with Gasteiger partial charge in [0.2, 0.25) is 0 Å². The van der Waals surface area contributed by atoms with Crippen molar-refractivity contribution < 1.29 is 33.5 Å². The van der Waals surface area contributed by atoms with E-state index in [1.54, 1.807) is 4.90 Å². The van der Waals surface area contributed by atoms with E-state index in [2.05, 4.69) is 4.74 Å². The van der Waals surface area contributed by atoms with Crippen molar-refractivity contribution >= 4 is 17.6 Å². The monoisotopic (exact) mass is 456 g/mol. The van der Waals surface area contributed by atoms with Gasteiger partial charge in [-0.15, -0.1) is 0 Å². The second-order valence-corrected chi connectivity index (χ2v) is 7.72. The van der Waals surface area contributed by atoms with E-state index in [9.17, 15) is 19.7 Å². The Hall–Kier alpha value is -3.82. The highest BCUT2D eigenvalue weighted by Gasteiger charge is 2.31. The standard InChI is InChI=1S/C23H24N2O8/c1-30-23(27)16-6-7-19(18(12-16)25(28)29)33-14-22(26)24-9-2-4-17(24)15-5-8-20-21(13-15)32-11-3-10-31-20/h5-8,12-13,17H,2-4,9-11,14H2,1H3. The maximum absolute atomic E-state index is 12.9. The van der Waals surface area contributed by atoms with Crippen LogP contribution in [0.4, 0.5) is 5.69 Å². The Balaban J connectivity index is 1.47. The average molecular weight is 456 g/mol. The largest absolute Gasteiger partial charge is 0.490 e. The first-order valence-corrected chi connectivity index (χ1v) is 10.7. The van der Waals surface area contributed by atoms with Gasteiger partial charge in [0.1, 0.15) is 0 Å². The number of nitrogens with zero attached hydrogens (tertiary/aromatic N) is 2. The zero-order chi connectivity index (χ0) is 23.4. The van der Waals surface area contributed by atoms with Gasteiger partial charge < -0.3 is 23.8 Å². The number of methoxy groups -OCH3 is 1. The minimum atomic E-state index is -0.698. The lowest BCUT2D eigenvalue weighted by Crippen LogP contribution is -2.34. The normalized spacial score (nSPS) is 17.2. The van der Waals surface area contributed by atoms with Crippen LogP contribution >= 0.6 is 0 Å². The predicted octanol–water partition coefficient (Wildman–Crippen LogP) is 3.29. The maximum atomic E-state index is 12.9. The quantitative estimate of drug-likeness (QED) is 0.369. The first kappa shape index (κ1) is 22.4. The average Bonchev–Trinajstić information content (AvgIpc) is 3.20. The number of amides is 1. The molecular formula is C23H24N2O8. The molecular weight excluding hydrogens is 432 g/mol. The fourth-order valence-corrected chi connectivity index (χ4v) is 4.05. The van der Waals surface area contributed by atoms with Gasteiger partial charge in [0, 0.05) is 19.0 Å². The van der Waals surface area contributed by atoms with Crippen molar-refractivity contribution in [1.29, 1.82) is 0 Å². The lowest BCUT2D eigenvalue weighted by Gasteiger charge is -2.25. The summed E-state index contributed by atoms with van der Waals surface area (Å²) in [5.41, 5.74) is 0.557. The maximum Gasteiger partial charge on any atom is 0.338 e. The minimum Gasteiger partial charge on any atom is -0.490 e. The first-order chi connectivity index (χ1) is 16.0. The molecule has 10 heteroatoms. The third kappa shape index (κ3) is 4.84. The molecule has 0 N–H and O–H groups in total. The molecule has 33 heavy (non-hydrogen) atoms. The zero-order valence-electron chi connectivity index (χ0n) is 18.2. The van der Waals surface area contributed by atoms with Crippen molar-refractivity contribution in [2.45, 2.75) is 25.3 Å². The van der Waals surface area contributed by atoms with Crippen LogP contribution in [0.15, 0.2) is 36.4 Å². The summed E-state index contributed by atoms with van der Waals surface area (Å²) < 4.78 is 21.5. The Labute approximate surface area is 190 Å². The number of fused-ring (bicyclic) bond motifs is 1. The Kier molecular flexibility index (Phi) is 6.62. The summed E-state index contributed by atoms with van der Waals surface area (Å²) in [7, 11) is 1.19. The molecule has 0 aliphatic carbocycles. The van der Waals surface area contributed by atoms with Crippen LogP contribution in [0.1, 0.15) is 41.2 Å². The number of nitro benzene ring substituents is 1. The van der Waals surface area contributed by atoms with E-state index in [0.717, 1.165) is 30.9 Å². The van der Waals surface area contributed by atoms with E-state index in [-0.39, 0.29) is 29.9 Å². The van der Waals surface area contributed by atoms with E-state index >= 15 is 0 Å². The number of carbonyl (C=O) groups excluding carboxylic acids is 2. The van der Waals surface area contributed by atoms with Crippen LogP contribution in [0.5, 0.6) is 17.2 Å². The molecule has 2 aliphatic rings. The van der Waals surface area contributed by atoms with Gasteiger partial charge in [0.05, 0.1) is 36.9 Å². The molecule has 4 rings (SSSR count). The Morgan fingerprint density at radius 3 is 2.67 bits per heavy atom. The topological polar surface area (TPSA) is 117 Å². The van der Waals surface area contributed by atoms with E-state index in [0.29, 0.717) is 31.3 Å². The molecule has 1 fully saturated rings. The number of esters is 1. The molecule has 2 aromatic rings. The van der Waals surface area contributed by atoms with Gasteiger partial charge >= 0.3 is 11.7 Å². The third-order valence-corrected chi connectivity index (χ3v) is 5.66.